The van der Waals surface area contributed by atoms with Crippen molar-refractivity contribution in [2.45, 2.75) is 6.54 Å². The molecule has 1 aliphatic heterocycles. The van der Waals surface area contributed by atoms with E-state index in [0.717, 1.165) is 25.3 Å². The molecule has 0 unspecified atom stereocenters. The van der Waals surface area contributed by atoms with Crippen molar-refractivity contribution >= 4 is 0 Å². The molecule has 0 radical (unpaired) electrons. The fourth-order valence-electron chi connectivity index (χ4n) is 1.62. The van der Waals surface area contributed by atoms with Crippen molar-refractivity contribution in [1.82, 2.24) is 9.88 Å². The van der Waals surface area contributed by atoms with Gasteiger partial charge in [-0.2, -0.15) is 0 Å². The van der Waals surface area contributed by atoms with Gasteiger partial charge >= 0.3 is 0 Å². The number of pyridine rings is 1. The molecule has 13 heavy (non-hydrogen) atoms. The Morgan fingerprint density at radius 1 is 1.46 bits per heavy atom. The average Bonchev–Trinajstić information content (AvgIpc) is 2.12. The van der Waals surface area contributed by atoms with Gasteiger partial charge in [0.2, 0.25) is 0 Å². The molecular weight excluding hydrogens is 167 g/mol. The highest BCUT2D eigenvalue weighted by atomic mass is 19.1. The van der Waals surface area contributed by atoms with E-state index in [2.05, 4.69) is 9.88 Å². The summed E-state index contributed by atoms with van der Waals surface area (Å²) in [4.78, 5) is 6.43. The van der Waals surface area contributed by atoms with Crippen LogP contribution in [0.1, 0.15) is 5.69 Å². The molecule has 0 saturated carbocycles. The quantitative estimate of drug-likeness (QED) is 0.700. The second kappa shape index (κ2) is 3.83. The highest BCUT2D eigenvalue weighted by Crippen LogP contribution is 2.17. The number of aromatic nitrogens is 1. The van der Waals surface area contributed by atoms with E-state index in [1.165, 1.54) is 0 Å². The van der Waals surface area contributed by atoms with E-state index in [1.807, 2.05) is 18.2 Å². The Kier molecular flexibility index (Phi) is 2.54. The third kappa shape index (κ3) is 2.04. The first-order valence-electron chi connectivity index (χ1n) is 4.56. The number of likely N-dealkylation sites (tertiary alicyclic amines) is 1. The second-order valence-corrected chi connectivity index (χ2v) is 3.54. The minimum Gasteiger partial charge on any atom is -0.297 e. The van der Waals surface area contributed by atoms with Gasteiger partial charge in [0.25, 0.3) is 0 Å². The second-order valence-electron chi connectivity index (χ2n) is 3.54. The molecule has 70 valence electrons. The van der Waals surface area contributed by atoms with Crippen LogP contribution in [0.5, 0.6) is 0 Å². The molecule has 0 spiro atoms. The van der Waals surface area contributed by atoms with Crippen LogP contribution >= 0.6 is 0 Å². The van der Waals surface area contributed by atoms with Crippen molar-refractivity contribution in [3.63, 3.8) is 0 Å². The van der Waals surface area contributed by atoms with E-state index in [-0.39, 0.29) is 12.6 Å². The molecule has 2 heterocycles. The van der Waals surface area contributed by atoms with Gasteiger partial charge in [-0.05, 0) is 12.1 Å². The van der Waals surface area contributed by atoms with Crippen LogP contribution in [-0.2, 0) is 6.54 Å². The average molecular weight is 180 g/mol. The molecule has 1 saturated heterocycles. The van der Waals surface area contributed by atoms with Gasteiger partial charge < -0.3 is 0 Å². The summed E-state index contributed by atoms with van der Waals surface area (Å²) in [6.07, 6.45) is 1.79. The van der Waals surface area contributed by atoms with E-state index in [9.17, 15) is 4.39 Å². The molecule has 1 aromatic heterocycles. The van der Waals surface area contributed by atoms with Crippen LogP contribution in [-0.4, -0.2) is 29.6 Å². The molecule has 1 aliphatic rings. The zero-order valence-electron chi connectivity index (χ0n) is 7.49. The van der Waals surface area contributed by atoms with Crippen LogP contribution in [0.3, 0.4) is 0 Å². The molecule has 3 heteroatoms. The molecule has 2 rings (SSSR count). The van der Waals surface area contributed by atoms with E-state index >= 15 is 0 Å². The first kappa shape index (κ1) is 8.63. The molecule has 0 bridgehead atoms. The smallest absolute Gasteiger partial charge is 0.0947 e. The lowest BCUT2D eigenvalue weighted by Crippen LogP contribution is -2.46. The normalized spacial score (nSPS) is 18.5. The molecular formula is C10H13FN2. The predicted molar refractivity (Wildman–Crippen MR) is 49.0 cm³/mol. The fraction of sp³-hybridized carbons (Fsp3) is 0.500. The van der Waals surface area contributed by atoms with E-state index in [1.54, 1.807) is 6.20 Å². The van der Waals surface area contributed by atoms with Gasteiger partial charge in [0, 0.05) is 31.7 Å². The van der Waals surface area contributed by atoms with Crippen LogP contribution in [0.4, 0.5) is 4.39 Å². The molecule has 0 aliphatic carbocycles. The van der Waals surface area contributed by atoms with Gasteiger partial charge in [0.1, 0.15) is 0 Å². The molecule has 0 amide bonds. The van der Waals surface area contributed by atoms with Crippen LogP contribution in [0.15, 0.2) is 24.4 Å². The third-order valence-electron chi connectivity index (χ3n) is 2.36. The number of halogens is 1. The van der Waals surface area contributed by atoms with Crippen LogP contribution in [0.2, 0.25) is 0 Å². The van der Waals surface area contributed by atoms with Crippen LogP contribution < -0.4 is 0 Å². The van der Waals surface area contributed by atoms with Gasteiger partial charge in [-0.25, -0.2) is 0 Å². The van der Waals surface area contributed by atoms with E-state index in [0.29, 0.717) is 0 Å². The van der Waals surface area contributed by atoms with Gasteiger partial charge in [-0.15, -0.1) is 0 Å². The van der Waals surface area contributed by atoms with Crippen molar-refractivity contribution in [2.24, 2.45) is 5.92 Å². The number of hydrogen-bond donors (Lipinski definition) is 0. The van der Waals surface area contributed by atoms with Crippen molar-refractivity contribution in [1.29, 1.82) is 0 Å². The zero-order valence-corrected chi connectivity index (χ0v) is 7.49. The Balaban J connectivity index is 1.81. The summed E-state index contributed by atoms with van der Waals surface area (Å²) in [5, 5.41) is 0. The van der Waals surface area contributed by atoms with Gasteiger partial charge in [-0.1, -0.05) is 6.07 Å². The lowest BCUT2D eigenvalue weighted by atomic mass is 10.0. The summed E-state index contributed by atoms with van der Waals surface area (Å²) in [5.74, 6) is 0.267. The number of hydrogen-bond acceptors (Lipinski definition) is 2. The molecule has 0 N–H and O–H groups in total. The van der Waals surface area contributed by atoms with Crippen molar-refractivity contribution in [3.05, 3.63) is 30.1 Å². The maximum absolute atomic E-state index is 12.1. The topological polar surface area (TPSA) is 16.1 Å². The van der Waals surface area contributed by atoms with Crippen molar-refractivity contribution in [2.75, 3.05) is 19.8 Å². The molecule has 1 fully saturated rings. The summed E-state index contributed by atoms with van der Waals surface area (Å²) in [5.41, 5.74) is 1.07. The van der Waals surface area contributed by atoms with Crippen LogP contribution in [0, 0.1) is 5.92 Å². The Labute approximate surface area is 77.4 Å². The summed E-state index contributed by atoms with van der Waals surface area (Å²) >= 11 is 0. The minimum absolute atomic E-state index is 0.182. The standard InChI is InChI=1S/C10H13FN2/c11-5-9-6-13(7-9)8-10-3-1-2-4-12-10/h1-4,9H,5-8H2. The Morgan fingerprint density at radius 3 is 2.92 bits per heavy atom. The summed E-state index contributed by atoms with van der Waals surface area (Å²) in [6, 6.07) is 5.89. The monoisotopic (exact) mass is 180 g/mol. The number of rotatable bonds is 3. The first-order valence-corrected chi connectivity index (χ1v) is 4.56. The Hall–Kier alpha value is -0.960. The molecule has 0 aromatic carbocycles. The SMILES string of the molecule is FCC1CN(Cc2ccccn2)C1. The fourth-order valence-corrected chi connectivity index (χ4v) is 1.62. The Bertz CT molecular complexity index is 257. The summed E-state index contributed by atoms with van der Waals surface area (Å²) in [7, 11) is 0. The third-order valence-corrected chi connectivity index (χ3v) is 2.36. The summed E-state index contributed by atoms with van der Waals surface area (Å²) < 4.78 is 12.1. The summed E-state index contributed by atoms with van der Waals surface area (Å²) in [6.45, 7) is 2.44. The van der Waals surface area contributed by atoms with Gasteiger partial charge in [0.15, 0.2) is 0 Å². The van der Waals surface area contributed by atoms with Crippen LogP contribution in [0.25, 0.3) is 0 Å². The number of nitrogens with zero attached hydrogens (tertiary/aromatic N) is 2. The highest BCUT2D eigenvalue weighted by molar-refractivity contribution is 5.04. The van der Waals surface area contributed by atoms with Crippen molar-refractivity contribution < 1.29 is 4.39 Å². The molecule has 2 nitrogen and oxygen atoms in total. The minimum atomic E-state index is -0.182. The predicted octanol–water partition coefficient (Wildman–Crippen LogP) is 1.48. The molecule has 0 atom stereocenters. The lowest BCUT2D eigenvalue weighted by Gasteiger charge is -2.37. The van der Waals surface area contributed by atoms with E-state index < -0.39 is 0 Å². The Morgan fingerprint density at radius 2 is 2.31 bits per heavy atom. The largest absolute Gasteiger partial charge is 0.297 e. The van der Waals surface area contributed by atoms with Crippen molar-refractivity contribution in [3.8, 4) is 0 Å². The number of alkyl halides is 1. The highest BCUT2D eigenvalue weighted by Gasteiger charge is 2.26. The van der Waals surface area contributed by atoms with Gasteiger partial charge in [-0.3, -0.25) is 14.3 Å². The first-order chi connectivity index (χ1) is 6.38. The zero-order chi connectivity index (χ0) is 9.10. The maximum Gasteiger partial charge on any atom is 0.0947 e. The van der Waals surface area contributed by atoms with E-state index in [4.69, 9.17) is 0 Å². The lowest BCUT2D eigenvalue weighted by molar-refractivity contribution is 0.0726. The molecule has 1 aromatic rings. The van der Waals surface area contributed by atoms with Gasteiger partial charge in [0.05, 0.1) is 12.4 Å². The maximum atomic E-state index is 12.1.